The first-order valence-corrected chi connectivity index (χ1v) is 9.78. The second kappa shape index (κ2) is 8.28. The second-order valence-electron chi connectivity index (χ2n) is 6.98. The number of amides is 1. The van der Waals surface area contributed by atoms with Gasteiger partial charge in [-0.3, -0.25) is 14.6 Å². The van der Waals surface area contributed by atoms with Crippen LogP contribution in [-0.2, 0) is 24.3 Å². The zero-order valence-electron chi connectivity index (χ0n) is 16.9. The maximum Gasteiger partial charge on any atom is 0.293 e. The molecule has 0 saturated heterocycles. The van der Waals surface area contributed by atoms with Gasteiger partial charge in [0.1, 0.15) is 17.9 Å². The van der Waals surface area contributed by atoms with Crippen molar-refractivity contribution >= 4 is 11.4 Å². The summed E-state index contributed by atoms with van der Waals surface area (Å²) in [6.07, 6.45) is 2.62. The number of fused-ring (bicyclic) bond motifs is 1. The first kappa shape index (κ1) is 19.5. The van der Waals surface area contributed by atoms with Crippen LogP contribution in [0.4, 0.5) is 0 Å². The minimum absolute atomic E-state index is 0.172. The third kappa shape index (κ3) is 3.98. The Bertz CT molecular complexity index is 1240. The van der Waals surface area contributed by atoms with Crippen LogP contribution in [0.15, 0.2) is 59.5 Å². The van der Waals surface area contributed by atoms with Crippen molar-refractivity contribution in [3.8, 4) is 11.3 Å². The van der Waals surface area contributed by atoms with E-state index in [4.69, 9.17) is 0 Å². The minimum atomic E-state index is -0.363. The molecule has 3 heterocycles. The van der Waals surface area contributed by atoms with Crippen molar-refractivity contribution in [2.75, 3.05) is 0 Å². The molecule has 8 heteroatoms. The average Bonchev–Trinajstić information content (AvgIpc) is 3.23. The van der Waals surface area contributed by atoms with E-state index < -0.39 is 0 Å². The van der Waals surface area contributed by atoms with Crippen LogP contribution in [0.2, 0.25) is 0 Å². The summed E-state index contributed by atoms with van der Waals surface area (Å²) in [5.41, 5.74) is 3.62. The fourth-order valence-electron chi connectivity index (χ4n) is 3.22. The Morgan fingerprint density at radius 1 is 1.10 bits per heavy atom. The van der Waals surface area contributed by atoms with Crippen LogP contribution < -0.4 is 10.9 Å². The highest BCUT2D eigenvalue weighted by Gasteiger charge is 2.14. The first-order valence-electron chi connectivity index (χ1n) is 9.78. The molecule has 4 rings (SSSR count). The summed E-state index contributed by atoms with van der Waals surface area (Å²) < 4.78 is 2.69. The van der Waals surface area contributed by atoms with Crippen molar-refractivity contribution in [2.24, 2.45) is 0 Å². The molecule has 0 radical (unpaired) electrons. The van der Waals surface area contributed by atoms with Gasteiger partial charge < -0.3 is 5.32 Å². The molecular weight excluding hydrogens is 380 g/mol. The lowest BCUT2D eigenvalue weighted by molar-refractivity contribution is -0.122. The maximum atomic E-state index is 12.9. The summed E-state index contributed by atoms with van der Waals surface area (Å²) in [6, 6.07) is 15.3. The number of pyridine rings is 1. The number of aryl methyl sites for hydroxylation is 2. The molecule has 0 bridgehead atoms. The van der Waals surface area contributed by atoms with Gasteiger partial charge in [-0.25, -0.2) is 9.20 Å². The molecule has 0 fully saturated rings. The van der Waals surface area contributed by atoms with Crippen molar-refractivity contribution in [2.45, 2.75) is 33.4 Å². The SMILES string of the molecule is CCc1ccc(-c2cc3c(=O)n(CC(=O)NCc4ccccn4)nc(C)n3n2)cc1. The number of carbonyl (C=O) groups excluding carboxylic acids is 1. The van der Waals surface area contributed by atoms with E-state index in [1.807, 2.05) is 30.3 Å². The van der Waals surface area contributed by atoms with Crippen molar-refractivity contribution in [1.82, 2.24) is 29.7 Å². The first-order chi connectivity index (χ1) is 14.5. The molecule has 0 saturated carbocycles. The largest absolute Gasteiger partial charge is 0.349 e. The lowest BCUT2D eigenvalue weighted by Crippen LogP contribution is -2.34. The van der Waals surface area contributed by atoms with E-state index in [0.29, 0.717) is 23.6 Å². The maximum absolute atomic E-state index is 12.9. The highest BCUT2D eigenvalue weighted by molar-refractivity contribution is 5.75. The lowest BCUT2D eigenvalue weighted by atomic mass is 10.1. The van der Waals surface area contributed by atoms with E-state index >= 15 is 0 Å². The molecular formula is C22H22N6O2. The van der Waals surface area contributed by atoms with Gasteiger partial charge in [0, 0.05) is 11.8 Å². The highest BCUT2D eigenvalue weighted by Crippen LogP contribution is 2.19. The number of hydrogen-bond acceptors (Lipinski definition) is 5. The number of nitrogens with zero attached hydrogens (tertiary/aromatic N) is 5. The summed E-state index contributed by atoms with van der Waals surface area (Å²) >= 11 is 0. The van der Waals surface area contributed by atoms with E-state index in [-0.39, 0.29) is 18.0 Å². The van der Waals surface area contributed by atoms with Gasteiger partial charge in [-0.2, -0.15) is 10.2 Å². The molecule has 3 aromatic heterocycles. The zero-order chi connectivity index (χ0) is 21.1. The molecule has 0 spiro atoms. The fourth-order valence-corrected chi connectivity index (χ4v) is 3.22. The Morgan fingerprint density at radius 3 is 2.60 bits per heavy atom. The zero-order valence-corrected chi connectivity index (χ0v) is 16.9. The van der Waals surface area contributed by atoms with Gasteiger partial charge in [0.25, 0.3) is 5.56 Å². The quantitative estimate of drug-likeness (QED) is 0.533. The Morgan fingerprint density at radius 2 is 1.90 bits per heavy atom. The van der Waals surface area contributed by atoms with Crippen molar-refractivity contribution in [3.63, 3.8) is 0 Å². The standard InChI is InChI=1S/C22H22N6O2/c1-3-16-7-9-17(10-8-16)19-12-20-22(30)27(25-15(2)28(20)26-19)14-21(29)24-13-18-6-4-5-11-23-18/h4-12H,3,13-14H2,1-2H3,(H,24,29). The summed E-state index contributed by atoms with van der Waals surface area (Å²) in [4.78, 5) is 29.4. The molecule has 1 N–H and O–H groups in total. The molecule has 0 unspecified atom stereocenters. The van der Waals surface area contributed by atoms with Gasteiger partial charge in [0.05, 0.1) is 17.9 Å². The Hall–Kier alpha value is -3.81. The van der Waals surface area contributed by atoms with Crippen LogP contribution in [0, 0.1) is 6.92 Å². The molecule has 1 amide bonds. The Balaban J connectivity index is 1.58. The molecule has 8 nitrogen and oxygen atoms in total. The van der Waals surface area contributed by atoms with E-state index in [9.17, 15) is 9.59 Å². The number of hydrogen-bond donors (Lipinski definition) is 1. The monoisotopic (exact) mass is 402 g/mol. The summed E-state index contributed by atoms with van der Waals surface area (Å²) in [6.45, 7) is 3.98. The van der Waals surface area contributed by atoms with Crippen LogP contribution in [-0.4, -0.2) is 30.3 Å². The molecule has 0 aliphatic rings. The fraction of sp³-hybridized carbons (Fsp3) is 0.227. The van der Waals surface area contributed by atoms with E-state index in [1.54, 1.807) is 19.2 Å². The minimum Gasteiger partial charge on any atom is -0.349 e. The molecule has 0 aliphatic carbocycles. The predicted molar refractivity (Wildman–Crippen MR) is 113 cm³/mol. The molecule has 152 valence electrons. The number of rotatable bonds is 6. The predicted octanol–water partition coefficient (Wildman–Crippen LogP) is 2.14. The second-order valence-corrected chi connectivity index (χ2v) is 6.98. The number of aromatic nitrogens is 5. The Kier molecular flexibility index (Phi) is 5.38. The third-order valence-corrected chi connectivity index (χ3v) is 4.88. The molecule has 1 aromatic carbocycles. The number of carbonyl (C=O) groups is 1. The average molecular weight is 402 g/mol. The van der Waals surface area contributed by atoms with Crippen molar-refractivity contribution in [1.29, 1.82) is 0 Å². The van der Waals surface area contributed by atoms with E-state index in [2.05, 4.69) is 39.6 Å². The molecule has 30 heavy (non-hydrogen) atoms. The van der Waals surface area contributed by atoms with Crippen LogP contribution in [0.25, 0.3) is 16.8 Å². The van der Waals surface area contributed by atoms with Gasteiger partial charge in [-0.15, -0.1) is 0 Å². The van der Waals surface area contributed by atoms with Gasteiger partial charge in [-0.05, 0) is 37.1 Å². The van der Waals surface area contributed by atoms with Gasteiger partial charge in [-0.1, -0.05) is 37.3 Å². The van der Waals surface area contributed by atoms with Crippen molar-refractivity contribution < 1.29 is 4.79 Å². The summed E-state index contributed by atoms with van der Waals surface area (Å²) in [7, 11) is 0. The van der Waals surface area contributed by atoms with Crippen LogP contribution in [0.3, 0.4) is 0 Å². The molecule has 4 aromatic rings. The normalized spacial score (nSPS) is 11.0. The Labute approximate surface area is 173 Å². The van der Waals surface area contributed by atoms with E-state index in [0.717, 1.165) is 17.7 Å². The third-order valence-electron chi connectivity index (χ3n) is 4.88. The highest BCUT2D eigenvalue weighted by atomic mass is 16.2. The number of nitrogens with one attached hydrogen (secondary N) is 1. The van der Waals surface area contributed by atoms with Crippen molar-refractivity contribution in [3.05, 3.63) is 82.2 Å². The molecule has 0 atom stereocenters. The van der Waals surface area contributed by atoms with Crippen LogP contribution in [0.1, 0.15) is 24.0 Å². The lowest BCUT2D eigenvalue weighted by Gasteiger charge is -2.08. The van der Waals surface area contributed by atoms with Crippen LogP contribution >= 0.6 is 0 Å². The van der Waals surface area contributed by atoms with Gasteiger partial charge in [0.15, 0.2) is 0 Å². The van der Waals surface area contributed by atoms with Gasteiger partial charge >= 0.3 is 0 Å². The van der Waals surface area contributed by atoms with Crippen LogP contribution in [0.5, 0.6) is 0 Å². The number of benzene rings is 1. The smallest absolute Gasteiger partial charge is 0.293 e. The van der Waals surface area contributed by atoms with Gasteiger partial charge in [0.2, 0.25) is 5.91 Å². The van der Waals surface area contributed by atoms with E-state index in [1.165, 1.54) is 14.8 Å². The summed E-state index contributed by atoms with van der Waals surface area (Å²) in [5.74, 6) is 0.215. The molecule has 0 aliphatic heterocycles. The topological polar surface area (TPSA) is 94.2 Å². The summed E-state index contributed by atoms with van der Waals surface area (Å²) in [5, 5.41) is 11.5.